The van der Waals surface area contributed by atoms with E-state index in [2.05, 4.69) is 193 Å². The molecule has 0 aliphatic carbocycles. The molecule has 0 saturated heterocycles. The van der Waals surface area contributed by atoms with Gasteiger partial charge in [0, 0.05) is 54.0 Å². The van der Waals surface area contributed by atoms with Crippen molar-refractivity contribution in [3.63, 3.8) is 0 Å². The summed E-state index contributed by atoms with van der Waals surface area (Å²) in [6, 6.07) is 0. The first kappa shape index (κ1) is 68.3. The molecule has 0 radical (unpaired) electrons. The van der Waals surface area contributed by atoms with Crippen LogP contribution in [-0.2, 0) is 4.74 Å². The van der Waals surface area contributed by atoms with Gasteiger partial charge in [-0.3, -0.25) is 0 Å². The summed E-state index contributed by atoms with van der Waals surface area (Å²) in [4.78, 5) is 8.46. The second-order valence-corrected chi connectivity index (χ2v) is 21.5. The van der Waals surface area contributed by atoms with Gasteiger partial charge >= 0.3 is 0 Å². The number of ether oxygens (including phenoxy) is 1. The zero-order chi connectivity index (χ0) is 51.6. The molecule has 0 amide bonds. The first-order chi connectivity index (χ1) is 29.8. The molecule has 3 rings (SSSR count). The Morgan fingerprint density at radius 3 is 0.862 bits per heavy atom. The van der Waals surface area contributed by atoms with E-state index in [-0.39, 0.29) is 0 Å². The SMILES string of the molecule is CC(C)/C=C/C(C)C.CC(C)C#CC(C)C.CC(C)CCC(C)C.CC(C)COC(C)C.CC(C)c1nnc(C(C)C)o1.CC(C)c1noc(C(C)C)n1.CC(C)c1noc(C(C)C)n1. The van der Waals surface area contributed by atoms with Crippen LogP contribution in [0.4, 0.5) is 0 Å². The van der Waals surface area contributed by atoms with Gasteiger partial charge in [0.2, 0.25) is 23.6 Å². The van der Waals surface area contributed by atoms with Gasteiger partial charge in [0.15, 0.2) is 11.6 Å². The zero-order valence-electron chi connectivity index (χ0n) is 47.7. The fourth-order valence-electron chi connectivity index (χ4n) is 3.98. The van der Waals surface area contributed by atoms with Crippen LogP contribution in [0.1, 0.15) is 277 Å². The second-order valence-electron chi connectivity index (χ2n) is 21.5. The van der Waals surface area contributed by atoms with Gasteiger partial charge in [-0.2, -0.15) is 9.97 Å². The van der Waals surface area contributed by atoms with Crippen LogP contribution in [0.15, 0.2) is 25.6 Å². The van der Waals surface area contributed by atoms with Crippen molar-refractivity contribution in [1.82, 2.24) is 30.5 Å². The van der Waals surface area contributed by atoms with Crippen molar-refractivity contribution < 1.29 is 18.2 Å². The highest BCUT2D eigenvalue weighted by molar-refractivity contribution is 5.03. The molecule has 0 unspecified atom stereocenters. The standard InChI is InChI=1S/3C8H14N2O.C8H18.C8H16.C8H14.C7H16O/c1-5(2)7-9-10-8(11-7)6(3)4;2*1-5(2)7-9-8(6(3)4)11-10-7;3*1-7(2)5-6-8(3)4;1-6(2)5-8-7(3)4/h3*5-6H,1-4H3;7-8H,5-6H2,1-4H3;5-8H,1-4H3;7-8H,1-4H3;6-7H,5H2,1-4H3/b;;;;6-5+;;. The van der Waals surface area contributed by atoms with E-state index in [1.54, 1.807) is 0 Å². The van der Waals surface area contributed by atoms with Gasteiger partial charge in [-0.1, -0.05) is 215 Å². The Morgan fingerprint density at radius 2 is 0.723 bits per heavy atom. The lowest BCUT2D eigenvalue weighted by molar-refractivity contribution is 0.0593. The molecule has 0 aliphatic heterocycles. The van der Waals surface area contributed by atoms with Crippen molar-refractivity contribution >= 4 is 0 Å². The summed E-state index contributed by atoms with van der Waals surface area (Å²) >= 11 is 0. The molecular weight excluding hydrogens is 809 g/mol. The summed E-state index contributed by atoms with van der Waals surface area (Å²) in [5, 5.41) is 15.5. The Bertz CT molecular complexity index is 1330. The maximum atomic E-state index is 5.38. The van der Waals surface area contributed by atoms with Crippen LogP contribution in [0.3, 0.4) is 0 Å². The lowest BCUT2D eigenvalue weighted by atomic mass is 10.0. The van der Waals surface area contributed by atoms with Gasteiger partial charge in [-0.15, -0.1) is 22.0 Å². The normalized spacial score (nSPS) is 11.2. The monoisotopic (exact) mass is 915 g/mol. The van der Waals surface area contributed by atoms with E-state index in [4.69, 9.17) is 18.2 Å². The lowest BCUT2D eigenvalue weighted by Gasteiger charge is -2.08. The van der Waals surface area contributed by atoms with Gasteiger partial charge in [-0.05, 0) is 43.4 Å². The molecule has 0 N–H and O–H groups in total. The third kappa shape index (κ3) is 45.6. The third-order valence-corrected chi connectivity index (χ3v) is 8.01. The van der Waals surface area contributed by atoms with Crippen LogP contribution in [0.2, 0.25) is 0 Å². The average Bonchev–Trinajstić information content (AvgIpc) is 3.98. The van der Waals surface area contributed by atoms with Gasteiger partial charge in [0.25, 0.3) is 0 Å². The molecule has 3 heterocycles. The Kier molecular flexibility index (Phi) is 41.8. The zero-order valence-corrected chi connectivity index (χ0v) is 47.7. The predicted octanol–water partition coefficient (Wildman–Crippen LogP) is 17.3. The Hall–Kier alpha value is -3.32. The maximum Gasteiger partial charge on any atom is 0.229 e. The van der Waals surface area contributed by atoms with E-state index >= 15 is 0 Å². The summed E-state index contributed by atoms with van der Waals surface area (Å²) in [5.74, 6) is 17.6. The van der Waals surface area contributed by atoms with E-state index in [1.165, 1.54) is 12.8 Å². The molecule has 0 bridgehead atoms. The average molecular weight is 915 g/mol. The highest BCUT2D eigenvalue weighted by Crippen LogP contribution is 2.18. The molecule has 10 nitrogen and oxygen atoms in total. The third-order valence-electron chi connectivity index (χ3n) is 8.01. The Balaban J connectivity index is -0.000000336. The minimum Gasteiger partial charge on any atom is -0.425 e. The molecule has 0 spiro atoms. The Morgan fingerprint density at radius 1 is 0.415 bits per heavy atom. The molecule has 0 aromatic carbocycles. The topological polar surface area (TPSA) is 126 Å². The van der Waals surface area contributed by atoms with Crippen LogP contribution in [0.5, 0.6) is 0 Å². The largest absolute Gasteiger partial charge is 0.425 e. The number of allylic oxidation sites excluding steroid dienone is 2. The molecule has 65 heavy (non-hydrogen) atoms. The number of aromatic nitrogens is 6. The van der Waals surface area contributed by atoms with Crippen molar-refractivity contribution in [2.24, 2.45) is 41.4 Å². The van der Waals surface area contributed by atoms with E-state index < -0.39 is 0 Å². The molecule has 0 aliphatic rings. The van der Waals surface area contributed by atoms with Crippen molar-refractivity contribution in [2.45, 2.75) is 248 Å². The highest BCUT2D eigenvalue weighted by Gasteiger charge is 2.13. The van der Waals surface area contributed by atoms with Crippen LogP contribution in [0, 0.1) is 53.3 Å². The minimum absolute atomic E-state index is 0.329. The smallest absolute Gasteiger partial charge is 0.229 e. The fraction of sp³-hybridized carbons (Fsp3) is 0.818. The van der Waals surface area contributed by atoms with E-state index in [0.717, 1.165) is 53.7 Å². The van der Waals surface area contributed by atoms with Crippen molar-refractivity contribution in [1.29, 1.82) is 0 Å². The summed E-state index contributed by atoms with van der Waals surface area (Å²) in [6.45, 7) is 60.1. The van der Waals surface area contributed by atoms with Crippen LogP contribution in [-0.4, -0.2) is 43.2 Å². The van der Waals surface area contributed by atoms with E-state index in [1.807, 2.05) is 55.4 Å². The number of nitrogens with zero attached hydrogens (tertiary/aromatic N) is 6. The van der Waals surface area contributed by atoms with Crippen molar-refractivity contribution in [2.75, 3.05) is 6.61 Å². The van der Waals surface area contributed by atoms with Crippen LogP contribution in [0.25, 0.3) is 0 Å². The number of hydrogen-bond donors (Lipinski definition) is 0. The summed E-state index contributed by atoms with van der Waals surface area (Å²) in [5.41, 5.74) is 0. The summed E-state index contributed by atoms with van der Waals surface area (Å²) in [6.07, 6.45) is 7.64. The van der Waals surface area contributed by atoms with Crippen LogP contribution < -0.4 is 0 Å². The van der Waals surface area contributed by atoms with Crippen molar-refractivity contribution in [3.05, 3.63) is 47.4 Å². The summed E-state index contributed by atoms with van der Waals surface area (Å²) in [7, 11) is 0. The molecule has 380 valence electrons. The first-order valence-electron chi connectivity index (χ1n) is 25.1. The quantitative estimate of drug-likeness (QED) is 0.114. The summed E-state index contributed by atoms with van der Waals surface area (Å²) < 4.78 is 20.7. The highest BCUT2D eigenvalue weighted by atomic mass is 16.5. The van der Waals surface area contributed by atoms with Crippen LogP contribution >= 0.6 is 0 Å². The molecule has 3 aromatic rings. The Labute approximate surface area is 402 Å². The second kappa shape index (κ2) is 39.8. The van der Waals surface area contributed by atoms with E-state index in [0.29, 0.717) is 71.2 Å². The molecule has 0 fully saturated rings. The predicted molar refractivity (Wildman–Crippen MR) is 279 cm³/mol. The van der Waals surface area contributed by atoms with Gasteiger partial charge in [-0.25, -0.2) is 0 Å². The van der Waals surface area contributed by atoms with Gasteiger partial charge in [0.1, 0.15) is 0 Å². The molecule has 0 saturated carbocycles. The van der Waals surface area contributed by atoms with Gasteiger partial charge < -0.3 is 18.2 Å². The molecular formula is C55H106N6O4. The fourth-order valence-corrected chi connectivity index (χ4v) is 3.98. The van der Waals surface area contributed by atoms with E-state index in [9.17, 15) is 0 Å². The molecule has 3 aromatic heterocycles. The molecule has 0 atom stereocenters. The maximum absolute atomic E-state index is 5.38. The lowest BCUT2D eigenvalue weighted by Crippen LogP contribution is -2.08. The number of hydrogen-bond acceptors (Lipinski definition) is 10. The minimum atomic E-state index is 0.329. The number of rotatable bonds is 14. The first-order valence-corrected chi connectivity index (χ1v) is 25.1. The van der Waals surface area contributed by atoms with Gasteiger partial charge in [0.05, 0.1) is 6.10 Å². The molecule has 10 heteroatoms. The van der Waals surface area contributed by atoms with Crippen molar-refractivity contribution in [3.8, 4) is 11.8 Å².